The van der Waals surface area contributed by atoms with E-state index in [0.29, 0.717) is 6.54 Å². The SMILES string of the molecule is C=CCNC(=O)C1C(=C)C(=O)OC1CCCCCC. The molecule has 2 unspecified atom stereocenters. The van der Waals surface area contributed by atoms with Crippen molar-refractivity contribution >= 4 is 11.9 Å². The smallest absolute Gasteiger partial charge is 0.334 e. The minimum absolute atomic E-state index is 0.198. The van der Waals surface area contributed by atoms with E-state index in [1.165, 1.54) is 0 Å². The highest BCUT2D eigenvalue weighted by Crippen LogP contribution is 2.30. The van der Waals surface area contributed by atoms with E-state index in [9.17, 15) is 9.59 Å². The summed E-state index contributed by atoms with van der Waals surface area (Å²) < 4.78 is 5.24. The summed E-state index contributed by atoms with van der Waals surface area (Å²) in [5.74, 6) is -1.19. The van der Waals surface area contributed by atoms with Gasteiger partial charge in [-0.1, -0.05) is 38.8 Å². The van der Waals surface area contributed by atoms with Crippen molar-refractivity contribution in [1.82, 2.24) is 5.32 Å². The van der Waals surface area contributed by atoms with Crippen LogP contribution in [0.4, 0.5) is 0 Å². The Hall–Kier alpha value is -1.58. The molecule has 1 aliphatic rings. The molecule has 0 bridgehead atoms. The zero-order valence-corrected chi connectivity index (χ0v) is 11.6. The van der Waals surface area contributed by atoms with Crippen LogP contribution in [0, 0.1) is 5.92 Å². The molecule has 19 heavy (non-hydrogen) atoms. The van der Waals surface area contributed by atoms with Gasteiger partial charge in [-0.25, -0.2) is 4.79 Å². The van der Waals surface area contributed by atoms with Crippen molar-refractivity contribution in [3.05, 3.63) is 24.8 Å². The first-order valence-electron chi connectivity index (χ1n) is 6.90. The van der Waals surface area contributed by atoms with E-state index in [0.717, 1.165) is 32.1 Å². The third-order valence-electron chi connectivity index (χ3n) is 3.31. The van der Waals surface area contributed by atoms with Crippen LogP contribution in [0.3, 0.4) is 0 Å². The fourth-order valence-electron chi connectivity index (χ4n) is 2.24. The Morgan fingerprint density at radius 1 is 1.42 bits per heavy atom. The lowest BCUT2D eigenvalue weighted by molar-refractivity contribution is -0.140. The van der Waals surface area contributed by atoms with Gasteiger partial charge >= 0.3 is 5.97 Å². The first-order valence-corrected chi connectivity index (χ1v) is 6.90. The fourth-order valence-corrected chi connectivity index (χ4v) is 2.24. The summed E-state index contributed by atoms with van der Waals surface area (Å²) in [6, 6.07) is 0. The average Bonchev–Trinajstić information content (AvgIpc) is 2.67. The Balaban J connectivity index is 2.56. The molecule has 1 heterocycles. The maximum absolute atomic E-state index is 12.0. The number of hydrogen-bond acceptors (Lipinski definition) is 3. The summed E-state index contributed by atoms with van der Waals surface area (Å²) >= 11 is 0. The summed E-state index contributed by atoms with van der Waals surface area (Å²) in [6.07, 6.45) is 6.34. The van der Waals surface area contributed by atoms with Crippen LogP contribution >= 0.6 is 0 Å². The normalized spacial score (nSPS) is 22.2. The number of cyclic esters (lactones) is 1. The number of amides is 1. The highest BCUT2D eigenvalue weighted by atomic mass is 16.6. The Morgan fingerprint density at radius 2 is 2.16 bits per heavy atom. The van der Waals surface area contributed by atoms with E-state index in [4.69, 9.17) is 4.74 Å². The second kappa shape index (κ2) is 7.77. The fraction of sp³-hybridized carbons (Fsp3) is 0.600. The second-order valence-corrected chi connectivity index (χ2v) is 4.83. The van der Waals surface area contributed by atoms with Gasteiger partial charge in [0.25, 0.3) is 0 Å². The summed E-state index contributed by atoms with van der Waals surface area (Å²) in [6.45, 7) is 9.76. The summed E-state index contributed by atoms with van der Waals surface area (Å²) in [5, 5.41) is 2.71. The largest absolute Gasteiger partial charge is 0.458 e. The molecule has 0 aliphatic carbocycles. The molecule has 0 saturated carbocycles. The highest BCUT2D eigenvalue weighted by molar-refractivity contribution is 5.99. The van der Waals surface area contributed by atoms with Gasteiger partial charge in [-0.2, -0.15) is 0 Å². The maximum Gasteiger partial charge on any atom is 0.334 e. The predicted octanol–water partition coefficient (Wildman–Crippen LogP) is 2.36. The molecule has 4 heteroatoms. The zero-order chi connectivity index (χ0) is 14.3. The van der Waals surface area contributed by atoms with Gasteiger partial charge in [0.15, 0.2) is 0 Å². The van der Waals surface area contributed by atoms with Crippen molar-refractivity contribution in [3.8, 4) is 0 Å². The van der Waals surface area contributed by atoms with Crippen molar-refractivity contribution in [2.24, 2.45) is 5.92 Å². The molecule has 0 radical (unpaired) electrons. The molecule has 1 rings (SSSR count). The second-order valence-electron chi connectivity index (χ2n) is 4.83. The lowest BCUT2D eigenvalue weighted by Crippen LogP contribution is -2.36. The molecule has 0 aromatic carbocycles. The monoisotopic (exact) mass is 265 g/mol. The topological polar surface area (TPSA) is 55.4 Å². The summed E-state index contributed by atoms with van der Waals surface area (Å²) in [4.78, 5) is 23.5. The van der Waals surface area contributed by atoms with E-state index < -0.39 is 11.9 Å². The Kier molecular flexibility index (Phi) is 6.33. The van der Waals surface area contributed by atoms with Crippen LogP contribution in [-0.4, -0.2) is 24.5 Å². The number of unbranched alkanes of at least 4 members (excludes halogenated alkanes) is 3. The third-order valence-corrected chi connectivity index (χ3v) is 3.31. The van der Waals surface area contributed by atoms with Crippen LogP contribution in [0.1, 0.15) is 39.0 Å². The lowest BCUT2D eigenvalue weighted by atomic mass is 9.92. The summed E-state index contributed by atoms with van der Waals surface area (Å²) in [7, 11) is 0. The number of nitrogens with one attached hydrogen (secondary N) is 1. The molecule has 0 aromatic heterocycles. The molecule has 2 atom stereocenters. The molecule has 1 fully saturated rings. The number of carbonyl (C=O) groups excluding carboxylic acids is 2. The molecule has 1 amide bonds. The first kappa shape index (κ1) is 15.5. The number of ether oxygens (including phenoxy) is 1. The van der Waals surface area contributed by atoms with E-state index in [1.807, 2.05) is 0 Å². The molecule has 0 spiro atoms. The molecule has 1 aliphatic heterocycles. The van der Waals surface area contributed by atoms with Gasteiger partial charge in [-0.15, -0.1) is 6.58 Å². The van der Waals surface area contributed by atoms with Crippen molar-refractivity contribution in [1.29, 1.82) is 0 Å². The minimum Gasteiger partial charge on any atom is -0.458 e. The summed E-state index contributed by atoms with van der Waals surface area (Å²) in [5.41, 5.74) is 0.266. The first-order chi connectivity index (χ1) is 9.11. The third kappa shape index (κ3) is 4.23. The zero-order valence-electron chi connectivity index (χ0n) is 11.6. The Labute approximate surface area is 114 Å². The molecule has 1 saturated heterocycles. The molecular formula is C15H23NO3. The van der Waals surface area contributed by atoms with Crippen molar-refractivity contribution < 1.29 is 14.3 Å². The molecule has 0 aromatic rings. The number of rotatable bonds is 8. The standard InChI is InChI=1S/C15H23NO3/c1-4-6-7-8-9-12-13(11(3)15(18)19-12)14(17)16-10-5-2/h5,12-13H,2-4,6-10H2,1H3,(H,16,17). The van der Waals surface area contributed by atoms with Gasteiger partial charge in [0.05, 0.1) is 0 Å². The number of hydrogen-bond donors (Lipinski definition) is 1. The molecular weight excluding hydrogens is 242 g/mol. The van der Waals surface area contributed by atoms with Crippen molar-refractivity contribution in [3.63, 3.8) is 0 Å². The molecule has 4 nitrogen and oxygen atoms in total. The van der Waals surface area contributed by atoms with Crippen molar-refractivity contribution in [2.45, 2.75) is 45.1 Å². The average molecular weight is 265 g/mol. The van der Waals surface area contributed by atoms with Gasteiger partial charge in [0.1, 0.15) is 12.0 Å². The van der Waals surface area contributed by atoms with E-state index >= 15 is 0 Å². The molecule has 106 valence electrons. The Bertz CT molecular complexity index is 362. The molecule has 1 N–H and O–H groups in total. The number of esters is 1. The van der Waals surface area contributed by atoms with Gasteiger partial charge in [0, 0.05) is 12.1 Å². The maximum atomic E-state index is 12.0. The quantitative estimate of drug-likeness (QED) is 0.317. The number of carbonyl (C=O) groups is 2. The van der Waals surface area contributed by atoms with Gasteiger partial charge in [0.2, 0.25) is 5.91 Å². The van der Waals surface area contributed by atoms with Crippen LogP contribution in [0.2, 0.25) is 0 Å². The predicted molar refractivity (Wildman–Crippen MR) is 74.5 cm³/mol. The van der Waals surface area contributed by atoms with Crippen molar-refractivity contribution in [2.75, 3.05) is 6.54 Å². The van der Waals surface area contributed by atoms with Crippen LogP contribution < -0.4 is 5.32 Å². The van der Waals surface area contributed by atoms with Gasteiger partial charge in [-0.3, -0.25) is 4.79 Å². The highest BCUT2D eigenvalue weighted by Gasteiger charge is 2.42. The van der Waals surface area contributed by atoms with E-state index in [-0.39, 0.29) is 17.6 Å². The van der Waals surface area contributed by atoms with Crippen LogP contribution in [0.15, 0.2) is 24.8 Å². The Morgan fingerprint density at radius 3 is 2.79 bits per heavy atom. The van der Waals surface area contributed by atoms with Crippen LogP contribution in [-0.2, 0) is 14.3 Å². The van der Waals surface area contributed by atoms with Gasteiger partial charge < -0.3 is 10.1 Å². The minimum atomic E-state index is -0.547. The van der Waals surface area contributed by atoms with Crippen LogP contribution in [0.25, 0.3) is 0 Å². The van der Waals surface area contributed by atoms with E-state index in [1.54, 1.807) is 6.08 Å². The van der Waals surface area contributed by atoms with Gasteiger partial charge in [-0.05, 0) is 12.8 Å². The van der Waals surface area contributed by atoms with E-state index in [2.05, 4.69) is 25.4 Å². The van der Waals surface area contributed by atoms with Crippen LogP contribution in [0.5, 0.6) is 0 Å². The lowest BCUT2D eigenvalue weighted by Gasteiger charge is -2.16.